The third-order valence-electron chi connectivity index (χ3n) is 4.03. The van der Waals surface area contributed by atoms with Crippen molar-refractivity contribution >= 4 is 16.9 Å². The number of benzene rings is 2. The number of hydrogen-bond acceptors (Lipinski definition) is 4. The molecule has 3 aromatic rings. The van der Waals surface area contributed by atoms with Crippen LogP contribution in [0.1, 0.15) is 28.9 Å². The number of methoxy groups -OCH3 is 2. The van der Waals surface area contributed by atoms with Crippen molar-refractivity contribution in [3.8, 4) is 11.5 Å². The van der Waals surface area contributed by atoms with Crippen LogP contribution >= 0.6 is 0 Å². The quantitative estimate of drug-likeness (QED) is 0.664. The molecular weight excluding hydrogens is 322 g/mol. The summed E-state index contributed by atoms with van der Waals surface area (Å²) in [4.78, 5) is 29.1. The van der Waals surface area contributed by atoms with E-state index in [1.807, 2.05) is 19.1 Å². The molecule has 0 saturated heterocycles. The van der Waals surface area contributed by atoms with Gasteiger partial charge < -0.3 is 24.8 Å². The van der Waals surface area contributed by atoms with Crippen LogP contribution in [0.2, 0.25) is 0 Å². The third-order valence-corrected chi connectivity index (χ3v) is 4.03. The minimum absolute atomic E-state index is 0.228. The Kier molecular flexibility index (Phi) is 4.47. The Hall–Kier alpha value is -3.22. The van der Waals surface area contributed by atoms with Gasteiger partial charge in [0.25, 0.3) is 5.91 Å². The molecule has 0 aliphatic carbocycles. The summed E-state index contributed by atoms with van der Waals surface area (Å²) in [7, 11) is 3.14. The number of carbonyl (C=O) groups is 1. The molecule has 2 aromatic carbocycles. The number of fused-ring (bicyclic) bond motifs is 1. The zero-order valence-corrected chi connectivity index (χ0v) is 14.2. The Morgan fingerprint density at radius 2 is 1.72 bits per heavy atom. The molecule has 1 unspecified atom stereocenters. The van der Waals surface area contributed by atoms with Crippen LogP contribution in [0.4, 0.5) is 0 Å². The molecule has 3 N–H and O–H groups in total. The summed E-state index contributed by atoms with van der Waals surface area (Å²) in [6, 6.07) is 10.3. The molecular formula is C18H19N3O4. The molecule has 7 heteroatoms. The summed E-state index contributed by atoms with van der Waals surface area (Å²) in [6.07, 6.45) is 0. The van der Waals surface area contributed by atoms with Gasteiger partial charge >= 0.3 is 5.69 Å². The van der Waals surface area contributed by atoms with Gasteiger partial charge in [-0.2, -0.15) is 0 Å². The largest absolute Gasteiger partial charge is 0.493 e. The number of aromatic nitrogens is 2. The molecule has 130 valence electrons. The van der Waals surface area contributed by atoms with E-state index in [9.17, 15) is 9.59 Å². The first-order chi connectivity index (χ1) is 12.0. The van der Waals surface area contributed by atoms with E-state index in [4.69, 9.17) is 9.47 Å². The first kappa shape index (κ1) is 16.6. The molecule has 1 heterocycles. The van der Waals surface area contributed by atoms with Crippen molar-refractivity contribution in [2.75, 3.05) is 14.2 Å². The minimum atomic E-state index is -0.300. The van der Waals surface area contributed by atoms with E-state index in [1.54, 1.807) is 38.5 Å². The van der Waals surface area contributed by atoms with E-state index >= 15 is 0 Å². The second-order valence-corrected chi connectivity index (χ2v) is 5.65. The van der Waals surface area contributed by atoms with Gasteiger partial charge in [0.05, 0.1) is 31.3 Å². The molecule has 25 heavy (non-hydrogen) atoms. The van der Waals surface area contributed by atoms with Gasteiger partial charge in [-0.1, -0.05) is 6.07 Å². The van der Waals surface area contributed by atoms with Crippen LogP contribution in [0.15, 0.2) is 41.2 Å². The molecule has 0 saturated carbocycles. The summed E-state index contributed by atoms with van der Waals surface area (Å²) in [5.41, 5.74) is 2.31. The molecule has 0 spiro atoms. The molecule has 1 amide bonds. The van der Waals surface area contributed by atoms with Gasteiger partial charge in [-0.25, -0.2) is 4.79 Å². The normalized spacial score (nSPS) is 12.0. The van der Waals surface area contributed by atoms with E-state index in [0.717, 1.165) is 5.56 Å². The van der Waals surface area contributed by atoms with Gasteiger partial charge in [-0.05, 0) is 42.8 Å². The molecule has 0 radical (unpaired) electrons. The molecule has 3 rings (SSSR count). The minimum Gasteiger partial charge on any atom is -0.493 e. The maximum atomic E-state index is 12.5. The maximum Gasteiger partial charge on any atom is 0.323 e. The van der Waals surface area contributed by atoms with Crippen LogP contribution in [0.25, 0.3) is 11.0 Å². The van der Waals surface area contributed by atoms with Crippen LogP contribution in [-0.4, -0.2) is 30.1 Å². The summed E-state index contributed by atoms with van der Waals surface area (Å²) >= 11 is 0. The highest BCUT2D eigenvalue weighted by molar-refractivity contribution is 5.97. The van der Waals surface area contributed by atoms with Gasteiger partial charge in [-0.3, -0.25) is 4.79 Å². The number of carbonyl (C=O) groups excluding carboxylic acids is 1. The fourth-order valence-electron chi connectivity index (χ4n) is 2.66. The van der Waals surface area contributed by atoms with Crippen molar-refractivity contribution in [1.29, 1.82) is 0 Å². The summed E-state index contributed by atoms with van der Waals surface area (Å²) in [5.74, 6) is 1.00. The second kappa shape index (κ2) is 6.72. The van der Waals surface area contributed by atoms with Crippen molar-refractivity contribution in [3.05, 3.63) is 58.0 Å². The smallest absolute Gasteiger partial charge is 0.323 e. The van der Waals surface area contributed by atoms with E-state index in [-0.39, 0.29) is 17.6 Å². The van der Waals surface area contributed by atoms with Crippen LogP contribution in [0.3, 0.4) is 0 Å². The number of hydrogen-bond donors (Lipinski definition) is 3. The van der Waals surface area contributed by atoms with Gasteiger partial charge in [-0.15, -0.1) is 0 Å². The van der Waals surface area contributed by atoms with Crippen molar-refractivity contribution < 1.29 is 14.3 Å². The molecule has 1 atom stereocenters. The van der Waals surface area contributed by atoms with E-state index in [2.05, 4.69) is 15.3 Å². The summed E-state index contributed by atoms with van der Waals surface area (Å²) in [5, 5.41) is 2.94. The Balaban J connectivity index is 1.80. The Morgan fingerprint density at radius 1 is 1.00 bits per heavy atom. The Morgan fingerprint density at radius 3 is 2.44 bits per heavy atom. The lowest BCUT2D eigenvalue weighted by Gasteiger charge is -2.16. The average Bonchev–Trinajstić information content (AvgIpc) is 2.99. The molecule has 0 aliphatic rings. The van der Waals surface area contributed by atoms with E-state index in [0.29, 0.717) is 28.1 Å². The third kappa shape index (κ3) is 3.35. The lowest BCUT2D eigenvalue weighted by atomic mass is 10.1. The fraction of sp³-hybridized carbons (Fsp3) is 0.222. The van der Waals surface area contributed by atoms with Crippen LogP contribution in [-0.2, 0) is 0 Å². The highest BCUT2D eigenvalue weighted by Gasteiger charge is 2.14. The van der Waals surface area contributed by atoms with Gasteiger partial charge in [0.2, 0.25) is 0 Å². The van der Waals surface area contributed by atoms with E-state index < -0.39 is 0 Å². The first-order valence-electron chi connectivity index (χ1n) is 7.76. The molecule has 1 aromatic heterocycles. The van der Waals surface area contributed by atoms with Crippen LogP contribution in [0, 0.1) is 0 Å². The predicted octanol–water partition coefficient (Wildman–Crippen LogP) is 2.36. The van der Waals surface area contributed by atoms with E-state index in [1.165, 1.54) is 0 Å². The lowest BCUT2D eigenvalue weighted by molar-refractivity contribution is 0.0940. The highest BCUT2D eigenvalue weighted by atomic mass is 16.5. The number of amides is 1. The van der Waals surface area contributed by atoms with Gasteiger partial charge in [0.1, 0.15) is 0 Å². The Bertz CT molecular complexity index is 974. The number of rotatable bonds is 5. The maximum absolute atomic E-state index is 12.5. The summed E-state index contributed by atoms with van der Waals surface area (Å²) < 4.78 is 10.5. The van der Waals surface area contributed by atoms with Gasteiger partial charge in [0, 0.05) is 5.56 Å². The molecule has 0 aliphatic heterocycles. The topological polar surface area (TPSA) is 96.2 Å². The summed E-state index contributed by atoms with van der Waals surface area (Å²) in [6.45, 7) is 1.88. The molecule has 0 bridgehead atoms. The number of aromatic amines is 2. The standard InChI is InChI=1S/C18H19N3O4/c1-10(11-5-7-15(24-2)16(9-11)25-3)19-17(22)12-4-6-13-14(8-12)21-18(23)20-13/h4-10H,1-3H3,(H,19,22)(H2,20,21,23). The monoisotopic (exact) mass is 341 g/mol. The van der Waals surface area contributed by atoms with Crippen molar-refractivity contribution in [3.63, 3.8) is 0 Å². The zero-order valence-electron chi connectivity index (χ0n) is 14.2. The molecule has 7 nitrogen and oxygen atoms in total. The Labute approximate surface area is 144 Å². The van der Waals surface area contributed by atoms with Crippen molar-refractivity contribution in [2.45, 2.75) is 13.0 Å². The van der Waals surface area contributed by atoms with Gasteiger partial charge in [0.15, 0.2) is 11.5 Å². The number of nitrogens with one attached hydrogen (secondary N) is 3. The predicted molar refractivity (Wildman–Crippen MR) is 94.3 cm³/mol. The van der Waals surface area contributed by atoms with Crippen LogP contribution < -0.4 is 20.5 Å². The van der Waals surface area contributed by atoms with Crippen molar-refractivity contribution in [2.24, 2.45) is 0 Å². The highest BCUT2D eigenvalue weighted by Crippen LogP contribution is 2.30. The fourth-order valence-corrected chi connectivity index (χ4v) is 2.66. The number of imidazole rings is 1. The number of H-pyrrole nitrogens is 2. The lowest BCUT2D eigenvalue weighted by Crippen LogP contribution is -2.26. The average molecular weight is 341 g/mol. The second-order valence-electron chi connectivity index (χ2n) is 5.65. The molecule has 0 fully saturated rings. The zero-order chi connectivity index (χ0) is 18.0. The van der Waals surface area contributed by atoms with Crippen molar-refractivity contribution in [1.82, 2.24) is 15.3 Å². The first-order valence-corrected chi connectivity index (χ1v) is 7.76. The SMILES string of the molecule is COc1ccc(C(C)NC(=O)c2ccc3[nH]c(=O)[nH]c3c2)cc1OC. The number of ether oxygens (including phenoxy) is 2. The van der Waals surface area contributed by atoms with Crippen LogP contribution in [0.5, 0.6) is 11.5 Å².